The van der Waals surface area contributed by atoms with Gasteiger partial charge >= 0.3 is 0 Å². The number of nitrogens with two attached hydrogens (primary N) is 1. The van der Waals surface area contributed by atoms with Crippen LogP contribution in [0.15, 0.2) is 18.2 Å². The van der Waals surface area contributed by atoms with Crippen LogP contribution in [0.4, 0.5) is 5.69 Å². The largest absolute Gasteiger partial charge is 0.495 e. The minimum Gasteiger partial charge on any atom is -0.495 e. The average Bonchev–Trinajstić information content (AvgIpc) is 2.47. The quantitative estimate of drug-likeness (QED) is 0.837. The van der Waals surface area contributed by atoms with Crippen LogP contribution in [0.25, 0.3) is 0 Å². The first-order valence-electron chi connectivity index (χ1n) is 7.83. The highest BCUT2D eigenvalue weighted by molar-refractivity contribution is 5.54. The predicted molar refractivity (Wildman–Crippen MR) is 85.2 cm³/mol. The van der Waals surface area contributed by atoms with Crippen molar-refractivity contribution in [3.05, 3.63) is 23.8 Å². The van der Waals surface area contributed by atoms with E-state index >= 15 is 0 Å². The topological polar surface area (TPSA) is 38.5 Å². The Hall–Kier alpha value is -1.22. The van der Waals surface area contributed by atoms with E-state index in [1.807, 2.05) is 6.07 Å². The van der Waals surface area contributed by atoms with E-state index in [1.54, 1.807) is 7.11 Å². The summed E-state index contributed by atoms with van der Waals surface area (Å²) in [5.41, 5.74) is 8.04. The summed E-state index contributed by atoms with van der Waals surface area (Å²) in [4.78, 5) is 2.68. The molecule has 1 aliphatic heterocycles. The molecule has 2 N–H and O–H groups in total. The van der Waals surface area contributed by atoms with Gasteiger partial charge in [-0.3, -0.25) is 4.90 Å². The highest BCUT2D eigenvalue weighted by atomic mass is 16.5. The Labute approximate surface area is 123 Å². The lowest BCUT2D eigenvalue weighted by molar-refractivity contribution is 0.1000. The van der Waals surface area contributed by atoms with Crippen molar-refractivity contribution < 1.29 is 4.74 Å². The minimum atomic E-state index is 0.577. The van der Waals surface area contributed by atoms with Gasteiger partial charge in [0, 0.05) is 12.1 Å². The molecule has 0 aromatic heterocycles. The number of hydrogen-bond acceptors (Lipinski definition) is 3. The zero-order valence-corrected chi connectivity index (χ0v) is 13.1. The standard InChI is InChI=1S/C17H28N2O/c1-4-15-7-5-6-10-19(15)13(2)11-14-8-9-17(20-3)16(18)12-14/h8-9,12-13,15H,4-7,10-11,18H2,1-3H3. The Morgan fingerprint density at radius 3 is 2.85 bits per heavy atom. The van der Waals surface area contributed by atoms with Crippen LogP contribution in [0, 0.1) is 0 Å². The second kappa shape index (κ2) is 6.98. The maximum absolute atomic E-state index is 6.00. The van der Waals surface area contributed by atoms with Crippen LogP contribution in [-0.4, -0.2) is 30.6 Å². The minimum absolute atomic E-state index is 0.577. The Bertz CT molecular complexity index is 433. The first-order chi connectivity index (χ1) is 9.65. The molecule has 0 saturated carbocycles. The van der Waals surface area contributed by atoms with Gasteiger partial charge in [-0.15, -0.1) is 0 Å². The summed E-state index contributed by atoms with van der Waals surface area (Å²) in [6.45, 7) is 5.89. The van der Waals surface area contributed by atoms with Gasteiger partial charge in [-0.25, -0.2) is 0 Å². The highest BCUT2D eigenvalue weighted by Crippen LogP contribution is 2.26. The highest BCUT2D eigenvalue weighted by Gasteiger charge is 2.25. The van der Waals surface area contributed by atoms with Gasteiger partial charge in [0.2, 0.25) is 0 Å². The molecule has 1 heterocycles. The second-order valence-corrected chi connectivity index (χ2v) is 5.93. The fraction of sp³-hybridized carbons (Fsp3) is 0.647. The molecule has 2 rings (SSSR count). The molecule has 0 radical (unpaired) electrons. The van der Waals surface area contributed by atoms with Gasteiger partial charge < -0.3 is 10.5 Å². The Kier molecular flexibility index (Phi) is 5.30. The molecule has 112 valence electrons. The summed E-state index contributed by atoms with van der Waals surface area (Å²) in [5.74, 6) is 0.769. The molecule has 0 spiro atoms. The lowest BCUT2D eigenvalue weighted by Crippen LogP contribution is -2.45. The van der Waals surface area contributed by atoms with Gasteiger partial charge in [-0.2, -0.15) is 0 Å². The number of ether oxygens (including phenoxy) is 1. The lowest BCUT2D eigenvalue weighted by atomic mass is 9.95. The van der Waals surface area contributed by atoms with E-state index in [1.165, 1.54) is 37.8 Å². The number of anilines is 1. The zero-order valence-electron chi connectivity index (χ0n) is 13.1. The molecule has 3 heteroatoms. The van der Waals surface area contributed by atoms with Gasteiger partial charge in [-0.1, -0.05) is 19.4 Å². The predicted octanol–water partition coefficient (Wildman–Crippen LogP) is 3.47. The van der Waals surface area contributed by atoms with E-state index in [4.69, 9.17) is 10.5 Å². The maximum atomic E-state index is 6.00. The normalized spacial score (nSPS) is 21.6. The van der Waals surface area contributed by atoms with E-state index in [0.29, 0.717) is 6.04 Å². The summed E-state index contributed by atoms with van der Waals surface area (Å²) in [7, 11) is 1.66. The second-order valence-electron chi connectivity index (χ2n) is 5.93. The van der Waals surface area contributed by atoms with Gasteiger partial charge in [0.1, 0.15) is 5.75 Å². The Morgan fingerprint density at radius 1 is 1.40 bits per heavy atom. The first-order valence-corrected chi connectivity index (χ1v) is 7.83. The third-order valence-electron chi connectivity index (χ3n) is 4.54. The van der Waals surface area contributed by atoms with Gasteiger partial charge in [0.05, 0.1) is 12.8 Å². The van der Waals surface area contributed by atoms with E-state index < -0.39 is 0 Å². The van der Waals surface area contributed by atoms with Crippen molar-refractivity contribution in [1.82, 2.24) is 4.90 Å². The first kappa shape index (κ1) is 15.2. The van der Waals surface area contributed by atoms with Crippen molar-refractivity contribution in [1.29, 1.82) is 0 Å². The van der Waals surface area contributed by atoms with Crippen molar-refractivity contribution in [2.45, 2.75) is 58.0 Å². The summed E-state index contributed by atoms with van der Waals surface area (Å²) in [6.07, 6.45) is 6.40. The Balaban J connectivity index is 2.03. The number of methoxy groups -OCH3 is 1. The Morgan fingerprint density at radius 2 is 2.20 bits per heavy atom. The molecule has 0 amide bonds. The number of likely N-dealkylation sites (tertiary alicyclic amines) is 1. The van der Waals surface area contributed by atoms with Crippen molar-refractivity contribution >= 4 is 5.69 Å². The number of nitrogen functional groups attached to an aromatic ring is 1. The van der Waals surface area contributed by atoms with E-state index in [9.17, 15) is 0 Å². The molecule has 2 unspecified atom stereocenters. The molecule has 1 saturated heterocycles. The third kappa shape index (κ3) is 3.45. The van der Waals surface area contributed by atoms with Crippen molar-refractivity contribution in [3.63, 3.8) is 0 Å². The van der Waals surface area contributed by atoms with Gasteiger partial charge in [0.15, 0.2) is 0 Å². The van der Waals surface area contributed by atoms with E-state index in [2.05, 4.69) is 30.9 Å². The molecule has 0 bridgehead atoms. The summed E-state index contributed by atoms with van der Waals surface area (Å²) in [6, 6.07) is 7.50. The van der Waals surface area contributed by atoms with Crippen molar-refractivity contribution in [2.75, 3.05) is 19.4 Å². The van der Waals surface area contributed by atoms with Crippen molar-refractivity contribution in [2.24, 2.45) is 0 Å². The molecule has 1 aliphatic rings. The molecule has 2 atom stereocenters. The average molecular weight is 276 g/mol. The van der Waals surface area contributed by atoms with Crippen LogP contribution in [0.5, 0.6) is 5.75 Å². The number of nitrogens with zero attached hydrogens (tertiary/aromatic N) is 1. The van der Waals surface area contributed by atoms with Crippen LogP contribution in [-0.2, 0) is 6.42 Å². The third-order valence-corrected chi connectivity index (χ3v) is 4.54. The molecule has 20 heavy (non-hydrogen) atoms. The number of hydrogen-bond donors (Lipinski definition) is 1. The summed E-state index contributed by atoms with van der Waals surface area (Å²) >= 11 is 0. The molecule has 1 fully saturated rings. The van der Waals surface area contributed by atoms with E-state index in [-0.39, 0.29) is 0 Å². The SMILES string of the molecule is CCC1CCCCN1C(C)Cc1ccc(OC)c(N)c1. The monoisotopic (exact) mass is 276 g/mol. The molecule has 3 nitrogen and oxygen atoms in total. The van der Waals surface area contributed by atoms with Crippen LogP contribution >= 0.6 is 0 Å². The van der Waals surface area contributed by atoms with Gasteiger partial charge in [0.25, 0.3) is 0 Å². The number of piperidine rings is 1. The lowest BCUT2D eigenvalue weighted by Gasteiger charge is -2.39. The van der Waals surface area contributed by atoms with Crippen LogP contribution in [0.2, 0.25) is 0 Å². The molecule has 1 aromatic rings. The smallest absolute Gasteiger partial charge is 0.141 e. The van der Waals surface area contributed by atoms with E-state index in [0.717, 1.165) is 23.9 Å². The fourth-order valence-electron chi connectivity index (χ4n) is 3.41. The molecule has 0 aliphatic carbocycles. The fourth-order valence-corrected chi connectivity index (χ4v) is 3.41. The summed E-state index contributed by atoms with van der Waals surface area (Å²) in [5, 5.41) is 0. The number of benzene rings is 1. The maximum Gasteiger partial charge on any atom is 0.141 e. The van der Waals surface area contributed by atoms with Crippen LogP contribution < -0.4 is 10.5 Å². The van der Waals surface area contributed by atoms with Gasteiger partial charge in [-0.05, 0) is 56.8 Å². The summed E-state index contributed by atoms with van der Waals surface area (Å²) < 4.78 is 5.22. The molecule has 1 aromatic carbocycles. The molecular formula is C17H28N2O. The molecular weight excluding hydrogens is 248 g/mol. The van der Waals surface area contributed by atoms with Crippen molar-refractivity contribution in [3.8, 4) is 5.75 Å². The van der Waals surface area contributed by atoms with Crippen LogP contribution in [0.3, 0.4) is 0 Å². The number of rotatable bonds is 5. The van der Waals surface area contributed by atoms with Crippen LogP contribution in [0.1, 0.15) is 45.1 Å². The zero-order chi connectivity index (χ0) is 14.5.